The minimum Gasteiger partial charge on any atom is -0.289 e. The van der Waals surface area contributed by atoms with Crippen molar-refractivity contribution in [3.8, 4) is 0 Å². The maximum Gasteiger partial charge on any atom is 0.193 e. The fraction of sp³-hybridized carbons (Fsp3) is 0.0769. The molecular formula is C26H20BrNO. The number of hydrogen-bond donors (Lipinski definition) is 0. The van der Waals surface area contributed by atoms with Crippen molar-refractivity contribution in [1.29, 1.82) is 0 Å². The summed E-state index contributed by atoms with van der Waals surface area (Å²) in [7, 11) is 0. The largest absolute Gasteiger partial charge is 0.289 e. The van der Waals surface area contributed by atoms with Gasteiger partial charge in [0.1, 0.15) is 0 Å². The van der Waals surface area contributed by atoms with Gasteiger partial charge in [0, 0.05) is 33.4 Å². The average molecular weight is 442 g/mol. The predicted octanol–water partition coefficient (Wildman–Crippen LogP) is 6.45. The van der Waals surface area contributed by atoms with E-state index < -0.39 is 0 Å². The van der Waals surface area contributed by atoms with Crippen LogP contribution in [-0.4, -0.2) is 10.8 Å². The molecule has 0 aliphatic carbocycles. The number of benzene rings is 3. The highest BCUT2D eigenvalue weighted by Crippen LogP contribution is 2.30. The second-order valence-corrected chi connectivity index (χ2v) is 7.83. The molecule has 0 aliphatic rings. The summed E-state index contributed by atoms with van der Waals surface area (Å²) in [6.07, 6.45) is 2.52. The monoisotopic (exact) mass is 441 g/mol. The average Bonchev–Trinajstić information content (AvgIpc) is 2.79. The normalized spacial score (nSPS) is 11.8. The van der Waals surface area contributed by atoms with Crippen molar-refractivity contribution in [2.24, 2.45) is 0 Å². The third-order valence-electron chi connectivity index (χ3n) is 5.04. The Hall–Kier alpha value is -3.04. The molecule has 1 aromatic heterocycles. The van der Waals surface area contributed by atoms with E-state index in [-0.39, 0.29) is 11.7 Å². The molecule has 0 radical (unpaired) electrons. The Bertz CT molecular complexity index is 1090. The van der Waals surface area contributed by atoms with Crippen LogP contribution in [0.4, 0.5) is 0 Å². The summed E-state index contributed by atoms with van der Waals surface area (Å²) >= 11 is 3.51. The number of carbonyl (C=O) groups excluding carboxylic acids is 1. The summed E-state index contributed by atoms with van der Waals surface area (Å²) < 4.78 is 1.04. The first-order valence-corrected chi connectivity index (χ1v) is 10.4. The quantitative estimate of drug-likeness (QED) is 0.321. The highest BCUT2D eigenvalue weighted by molar-refractivity contribution is 9.10. The zero-order valence-electron chi connectivity index (χ0n) is 15.8. The van der Waals surface area contributed by atoms with Crippen molar-refractivity contribution < 1.29 is 4.79 Å². The first-order chi connectivity index (χ1) is 14.2. The molecule has 0 N–H and O–H groups in total. The minimum atomic E-state index is 0.0526. The van der Waals surface area contributed by atoms with Gasteiger partial charge in [0.05, 0.1) is 0 Å². The first kappa shape index (κ1) is 19.3. The van der Waals surface area contributed by atoms with Gasteiger partial charge in [0.25, 0.3) is 0 Å². The second kappa shape index (κ2) is 8.97. The lowest BCUT2D eigenvalue weighted by Gasteiger charge is -2.19. The smallest absolute Gasteiger partial charge is 0.193 e. The number of nitrogens with zero attached hydrogens (tertiary/aromatic N) is 1. The third-order valence-corrected chi connectivity index (χ3v) is 5.57. The molecule has 0 amide bonds. The Labute approximate surface area is 179 Å². The predicted molar refractivity (Wildman–Crippen MR) is 120 cm³/mol. The van der Waals surface area contributed by atoms with E-state index in [1.165, 1.54) is 5.56 Å². The van der Waals surface area contributed by atoms with Gasteiger partial charge in [0.2, 0.25) is 0 Å². The van der Waals surface area contributed by atoms with Crippen LogP contribution < -0.4 is 0 Å². The van der Waals surface area contributed by atoms with Crippen molar-refractivity contribution in [2.45, 2.75) is 12.3 Å². The molecule has 4 aromatic rings. The van der Waals surface area contributed by atoms with Gasteiger partial charge < -0.3 is 0 Å². The molecule has 2 nitrogen and oxygen atoms in total. The van der Waals surface area contributed by atoms with Gasteiger partial charge in [-0.2, -0.15) is 0 Å². The number of hydrogen-bond acceptors (Lipinski definition) is 2. The van der Waals surface area contributed by atoms with E-state index in [1.54, 1.807) is 0 Å². The van der Waals surface area contributed by atoms with E-state index in [4.69, 9.17) is 0 Å². The van der Waals surface area contributed by atoms with Gasteiger partial charge in [-0.25, -0.2) is 0 Å². The fourth-order valence-corrected chi connectivity index (χ4v) is 3.82. The maximum atomic E-state index is 13.1. The van der Waals surface area contributed by atoms with E-state index in [2.05, 4.69) is 33.0 Å². The zero-order valence-corrected chi connectivity index (χ0v) is 17.4. The van der Waals surface area contributed by atoms with E-state index in [0.29, 0.717) is 12.0 Å². The van der Waals surface area contributed by atoms with Gasteiger partial charge in [-0.05, 0) is 41.8 Å². The first-order valence-electron chi connectivity index (χ1n) is 9.56. The highest BCUT2D eigenvalue weighted by Gasteiger charge is 2.20. The second-order valence-electron chi connectivity index (χ2n) is 6.92. The lowest BCUT2D eigenvalue weighted by molar-refractivity contribution is 0.103. The Kier molecular flexibility index (Phi) is 5.97. The number of carbonyl (C=O) groups is 1. The summed E-state index contributed by atoms with van der Waals surface area (Å²) in [4.78, 5) is 17.8. The van der Waals surface area contributed by atoms with Crippen LogP contribution in [0.15, 0.2) is 108 Å². The number of halogens is 1. The molecule has 0 spiro atoms. The van der Waals surface area contributed by atoms with Gasteiger partial charge >= 0.3 is 0 Å². The van der Waals surface area contributed by atoms with E-state index in [0.717, 1.165) is 21.3 Å². The summed E-state index contributed by atoms with van der Waals surface area (Å²) in [5.41, 5.74) is 4.65. The van der Waals surface area contributed by atoms with Gasteiger partial charge in [-0.1, -0.05) is 88.7 Å². The van der Waals surface area contributed by atoms with Crippen LogP contribution in [0.1, 0.15) is 38.7 Å². The molecule has 0 saturated heterocycles. The lowest BCUT2D eigenvalue weighted by atomic mass is 9.86. The topological polar surface area (TPSA) is 30.0 Å². The van der Waals surface area contributed by atoms with Crippen LogP contribution in [-0.2, 0) is 6.42 Å². The molecule has 142 valence electrons. The van der Waals surface area contributed by atoms with Gasteiger partial charge in [-0.3, -0.25) is 9.78 Å². The molecule has 4 rings (SSSR count). The molecule has 1 unspecified atom stereocenters. The molecule has 0 saturated carbocycles. The summed E-state index contributed by atoms with van der Waals surface area (Å²) in [6.45, 7) is 0. The molecule has 0 bridgehead atoms. The lowest BCUT2D eigenvalue weighted by Crippen LogP contribution is -2.11. The molecule has 0 fully saturated rings. The Morgan fingerprint density at radius 2 is 1.48 bits per heavy atom. The summed E-state index contributed by atoms with van der Waals surface area (Å²) in [6, 6.07) is 31.6. The van der Waals surface area contributed by atoms with Crippen LogP contribution >= 0.6 is 15.9 Å². The van der Waals surface area contributed by atoms with Crippen LogP contribution in [0.5, 0.6) is 0 Å². The van der Waals surface area contributed by atoms with Gasteiger partial charge in [-0.15, -0.1) is 0 Å². The number of aromatic nitrogens is 1. The summed E-state index contributed by atoms with van der Waals surface area (Å²) in [5, 5.41) is 0. The van der Waals surface area contributed by atoms with Crippen molar-refractivity contribution in [2.75, 3.05) is 0 Å². The number of ketones is 1. The minimum absolute atomic E-state index is 0.0526. The van der Waals surface area contributed by atoms with Crippen LogP contribution in [0.3, 0.4) is 0 Å². The Balaban J connectivity index is 1.74. The third kappa shape index (κ3) is 4.52. The Morgan fingerprint density at radius 3 is 2.21 bits per heavy atom. The van der Waals surface area contributed by atoms with Crippen LogP contribution in [0.25, 0.3) is 0 Å². The maximum absolute atomic E-state index is 13.1. The zero-order chi connectivity index (χ0) is 20.1. The molecule has 3 heteroatoms. The Morgan fingerprint density at radius 1 is 0.793 bits per heavy atom. The van der Waals surface area contributed by atoms with Crippen LogP contribution in [0, 0.1) is 0 Å². The van der Waals surface area contributed by atoms with Crippen LogP contribution in [0.2, 0.25) is 0 Å². The standard InChI is InChI=1S/C26H20BrNO/c27-22-15-13-19(14-16-22)24(25-12-6-7-17-28-25)18-21-10-4-5-11-23(21)26(29)20-8-2-1-3-9-20/h1-17,24H,18H2. The fourth-order valence-electron chi connectivity index (χ4n) is 3.56. The molecule has 29 heavy (non-hydrogen) atoms. The highest BCUT2D eigenvalue weighted by atomic mass is 79.9. The van der Waals surface area contributed by atoms with Crippen molar-refractivity contribution in [3.63, 3.8) is 0 Å². The van der Waals surface area contributed by atoms with Crippen molar-refractivity contribution >= 4 is 21.7 Å². The molecule has 1 atom stereocenters. The molecular weight excluding hydrogens is 422 g/mol. The number of rotatable bonds is 6. The molecule has 3 aromatic carbocycles. The molecule has 0 aliphatic heterocycles. The van der Waals surface area contributed by atoms with Crippen molar-refractivity contribution in [1.82, 2.24) is 4.98 Å². The van der Waals surface area contributed by atoms with Crippen molar-refractivity contribution in [3.05, 3.63) is 136 Å². The van der Waals surface area contributed by atoms with E-state index >= 15 is 0 Å². The summed E-state index contributed by atoms with van der Waals surface area (Å²) in [5.74, 6) is 0.116. The molecule has 1 heterocycles. The number of pyridine rings is 1. The SMILES string of the molecule is O=C(c1ccccc1)c1ccccc1CC(c1ccc(Br)cc1)c1ccccn1. The van der Waals surface area contributed by atoms with Gasteiger partial charge in [0.15, 0.2) is 5.78 Å². The van der Waals surface area contributed by atoms with E-state index in [1.807, 2.05) is 91.1 Å². The van der Waals surface area contributed by atoms with E-state index in [9.17, 15) is 4.79 Å².